The fourth-order valence-corrected chi connectivity index (χ4v) is 2.56. The Balaban J connectivity index is 2.02. The van der Waals surface area contributed by atoms with Crippen molar-refractivity contribution in [3.8, 4) is 0 Å². The minimum atomic E-state index is -2.42. The lowest BCUT2D eigenvalue weighted by molar-refractivity contribution is -0.150. The number of carboxylic acids is 1. The number of halogens is 3. The van der Waals surface area contributed by atoms with E-state index in [1.165, 1.54) is 6.07 Å². The largest absolute Gasteiger partial charge is 0.479 e. The number of nitrogens with zero attached hydrogens (tertiary/aromatic N) is 1. The van der Waals surface area contributed by atoms with Gasteiger partial charge in [-0.1, -0.05) is 13.0 Å². The summed E-state index contributed by atoms with van der Waals surface area (Å²) in [4.78, 5) is 24.0. The van der Waals surface area contributed by atoms with Crippen LogP contribution in [-0.4, -0.2) is 40.6 Å². The Bertz CT molecular complexity index is 608. The molecule has 1 aromatic carbocycles. The number of benzene rings is 1. The van der Waals surface area contributed by atoms with Crippen LogP contribution in [-0.2, 0) is 9.59 Å². The van der Waals surface area contributed by atoms with Gasteiger partial charge in [0.15, 0.2) is 0 Å². The van der Waals surface area contributed by atoms with Crippen molar-refractivity contribution in [3.63, 3.8) is 0 Å². The summed E-state index contributed by atoms with van der Waals surface area (Å²) < 4.78 is 40.4. The van der Waals surface area contributed by atoms with Gasteiger partial charge in [-0.15, -0.1) is 0 Å². The third-order valence-corrected chi connectivity index (χ3v) is 3.93. The molecule has 0 radical (unpaired) electrons. The summed E-state index contributed by atoms with van der Waals surface area (Å²) in [5, 5.41) is 8.80. The molecule has 22 heavy (non-hydrogen) atoms. The zero-order chi connectivity index (χ0) is 16.5. The number of hydrogen-bond donors (Lipinski definition) is 1. The molecule has 2 unspecified atom stereocenters. The number of carbonyl (C=O) groups excluding carboxylic acids is 1. The molecular formula is C15H16F3NO3. The smallest absolute Gasteiger partial charge is 0.343 e. The molecular weight excluding hydrogens is 299 g/mol. The number of carboxylic acid groups (broad SMARTS) is 1. The van der Waals surface area contributed by atoms with Crippen LogP contribution >= 0.6 is 0 Å². The van der Waals surface area contributed by atoms with E-state index in [1.54, 1.807) is 6.92 Å². The second kappa shape index (κ2) is 5.98. The quantitative estimate of drug-likeness (QED) is 0.928. The van der Waals surface area contributed by atoms with Crippen molar-refractivity contribution in [1.82, 2.24) is 4.90 Å². The molecule has 0 aliphatic carbocycles. The number of carbonyl (C=O) groups is 2. The van der Waals surface area contributed by atoms with Gasteiger partial charge in [0, 0.05) is 25.5 Å². The second-order valence-corrected chi connectivity index (χ2v) is 5.61. The van der Waals surface area contributed by atoms with Gasteiger partial charge in [0.25, 0.3) is 0 Å². The van der Waals surface area contributed by atoms with Gasteiger partial charge in [0.05, 0.1) is 6.54 Å². The zero-order valence-electron chi connectivity index (χ0n) is 12.0. The molecule has 0 aromatic heterocycles. The monoisotopic (exact) mass is 315 g/mol. The Morgan fingerprint density at radius 2 is 2.09 bits per heavy atom. The van der Waals surface area contributed by atoms with Gasteiger partial charge in [-0.25, -0.2) is 18.0 Å². The van der Waals surface area contributed by atoms with Gasteiger partial charge in [-0.05, 0) is 17.5 Å². The lowest BCUT2D eigenvalue weighted by Gasteiger charge is -2.20. The predicted molar refractivity (Wildman–Crippen MR) is 72.1 cm³/mol. The first kappa shape index (κ1) is 16.3. The molecule has 0 spiro atoms. The number of hydrogen-bond acceptors (Lipinski definition) is 2. The Hall–Kier alpha value is -2.05. The number of likely N-dealkylation sites (tertiary alicyclic amines) is 1. The number of aliphatic carboxylic acids is 1. The highest BCUT2D eigenvalue weighted by molar-refractivity contribution is 5.82. The highest BCUT2D eigenvalue weighted by Gasteiger charge is 2.46. The average molecular weight is 315 g/mol. The molecule has 1 amide bonds. The summed E-state index contributed by atoms with van der Waals surface area (Å²) in [6.45, 7) is 1.12. The summed E-state index contributed by atoms with van der Waals surface area (Å²) >= 11 is 0. The van der Waals surface area contributed by atoms with Crippen molar-refractivity contribution in [3.05, 3.63) is 35.4 Å². The maximum atomic E-state index is 13.9. The molecule has 2 rings (SSSR count). The van der Waals surface area contributed by atoms with Crippen LogP contribution in [0, 0.1) is 11.6 Å². The normalized spacial score (nSPS) is 22.6. The molecule has 1 fully saturated rings. The second-order valence-electron chi connectivity index (χ2n) is 5.61. The molecule has 0 bridgehead atoms. The first-order valence-electron chi connectivity index (χ1n) is 6.88. The third-order valence-electron chi connectivity index (χ3n) is 3.93. The van der Waals surface area contributed by atoms with Gasteiger partial charge in [-0.3, -0.25) is 4.79 Å². The fraction of sp³-hybridized carbons (Fsp3) is 0.467. The minimum Gasteiger partial charge on any atom is -0.479 e. The van der Waals surface area contributed by atoms with Crippen molar-refractivity contribution in [2.24, 2.45) is 0 Å². The van der Waals surface area contributed by atoms with Crippen molar-refractivity contribution in [1.29, 1.82) is 0 Å². The van der Waals surface area contributed by atoms with Crippen LogP contribution in [0.15, 0.2) is 18.2 Å². The van der Waals surface area contributed by atoms with Crippen LogP contribution in [0.1, 0.15) is 31.2 Å². The summed E-state index contributed by atoms with van der Waals surface area (Å²) in [6, 6.07) is 3.11. The Kier molecular flexibility index (Phi) is 4.44. The molecule has 1 aliphatic heterocycles. The average Bonchev–Trinajstić information content (AvgIpc) is 2.82. The molecule has 1 aromatic rings. The summed E-state index contributed by atoms with van der Waals surface area (Å²) in [6.07, 6.45) is -0.356. The van der Waals surface area contributed by atoms with Gasteiger partial charge < -0.3 is 10.0 Å². The minimum absolute atomic E-state index is 0.0141. The van der Waals surface area contributed by atoms with Gasteiger partial charge in [0.1, 0.15) is 11.6 Å². The van der Waals surface area contributed by atoms with E-state index in [0.29, 0.717) is 0 Å². The van der Waals surface area contributed by atoms with Crippen molar-refractivity contribution < 1.29 is 27.9 Å². The lowest BCUT2D eigenvalue weighted by atomic mass is 9.96. The van der Waals surface area contributed by atoms with Crippen LogP contribution in [0.3, 0.4) is 0 Å². The fourth-order valence-electron chi connectivity index (χ4n) is 2.56. The number of amides is 1. The SMILES string of the molecule is CC(CC(=O)N1CCC(F)(C(=O)O)C1)c1ccc(F)cc1F. The first-order chi connectivity index (χ1) is 10.2. The maximum Gasteiger partial charge on any atom is 0.343 e. The molecule has 120 valence electrons. The lowest BCUT2D eigenvalue weighted by Crippen LogP contribution is -2.39. The molecule has 1 heterocycles. The molecule has 4 nitrogen and oxygen atoms in total. The van der Waals surface area contributed by atoms with Crippen molar-refractivity contribution in [2.45, 2.75) is 31.4 Å². The van der Waals surface area contributed by atoms with E-state index >= 15 is 0 Å². The molecule has 0 saturated carbocycles. The van der Waals surface area contributed by atoms with Gasteiger partial charge in [0.2, 0.25) is 11.6 Å². The number of alkyl halides is 1. The van der Waals surface area contributed by atoms with Crippen LogP contribution in [0.2, 0.25) is 0 Å². The van der Waals surface area contributed by atoms with E-state index in [-0.39, 0.29) is 24.9 Å². The molecule has 1 N–H and O–H groups in total. The zero-order valence-corrected chi connectivity index (χ0v) is 12.0. The third kappa shape index (κ3) is 3.23. The van der Waals surface area contributed by atoms with E-state index in [0.717, 1.165) is 17.0 Å². The topological polar surface area (TPSA) is 57.6 Å². The number of rotatable bonds is 4. The van der Waals surface area contributed by atoms with Crippen molar-refractivity contribution >= 4 is 11.9 Å². The van der Waals surface area contributed by atoms with E-state index in [4.69, 9.17) is 5.11 Å². The molecule has 7 heteroatoms. The summed E-state index contributed by atoms with van der Waals surface area (Å²) in [7, 11) is 0. The summed E-state index contributed by atoms with van der Waals surface area (Å²) in [5.74, 6) is -4.00. The van der Waals surface area contributed by atoms with Gasteiger partial charge >= 0.3 is 5.97 Å². The van der Waals surface area contributed by atoms with Crippen LogP contribution in [0.5, 0.6) is 0 Å². The van der Waals surface area contributed by atoms with E-state index < -0.39 is 41.6 Å². The predicted octanol–water partition coefficient (Wildman–Crippen LogP) is 2.48. The molecule has 1 aliphatic rings. The van der Waals surface area contributed by atoms with Crippen molar-refractivity contribution in [2.75, 3.05) is 13.1 Å². The van der Waals surface area contributed by atoms with E-state index in [1.807, 2.05) is 0 Å². The van der Waals surface area contributed by atoms with Crippen LogP contribution in [0.25, 0.3) is 0 Å². The standard InChI is InChI=1S/C15H16F3NO3/c1-9(11-3-2-10(16)7-12(11)17)6-13(20)19-5-4-15(18,8-19)14(21)22/h2-3,7,9H,4-6,8H2,1H3,(H,21,22). The highest BCUT2D eigenvalue weighted by atomic mass is 19.1. The summed E-state index contributed by atoms with van der Waals surface area (Å²) in [5.41, 5.74) is -2.22. The van der Waals surface area contributed by atoms with E-state index in [9.17, 15) is 22.8 Å². The van der Waals surface area contributed by atoms with Crippen LogP contribution in [0.4, 0.5) is 13.2 Å². The van der Waals surface area contributed by atoms with Gasteiger partial charge in [-0.2, -0.15) is 0 Å². The first-order valence-corrected chi connectivity index (χ1v) is 6.88. The Morgan fingerprint density at radius 3 is 2.64 bits per heavy atom. The highest BCUT2D eigenvalue weighted by Crippen LogP contribution is 2.29. The van der Waals surface area contributed by atoms with Crippen LogP contribution < -0.4 is 0 Å². The van der Waals surface area contributed by atoms with E-state index in [2.05, 4.69) is 0 Å². The molecule has 1 saturated heterocycles. The Morgan fingerprint density at radius 1 is 1.41 bits per heavy atom. The Labute approximate surface area is 125 Å². The molecule has 2 atom stereocenters. The maximum absolute atomic E-state index is 13.9.